The van der Waals surface area contributed by atoms with E-state index in [1.54, 1.807) is 29.7 Å². The van der Waals surface area contributed by atoms with Crippen molar-refractivity contribution in [1.82, 2.24) is 4.98 Å². The van der Waals surface area contributed by atoms with Crippen LogP contribution < -0.4 is 4.90 Å². The lowest BCUT2D eigenvalue weighted by molar-refractivity contribution is 0.0985. The van der Waals surface area contributed by atoms with Crippen LogP contribution >= 0.6 is 22.9 Å². The molecule has 1 aliphatic rings. The van der Waals surface area contributed by atoms with Gasteiger partial charge in [-0.1, -0.05) is 41.9 Å². The first-order valence-corrected chi connectivity index (χ1v) is 10.4. The fraction of sp³-hybridized carbons (Fsp3) is 0.182. The Hall–Kier alpha value is -2.57. The molecule has 2 aromatic carbocycles. The number of hydrogen-bond donors (Lipinski definition) is 0. The number of Topliss-reactive ketones (excluding diaryl/α,β-unsaturated/α-hetero) is 1. The second-order valence-electron chi connectivity index (χ2n) is 6.76. The third-order valence-corrected chi connectivity index (χ3v) is 6.13. The summed E-state index contributed by atoms with van der Waals surface area (Å²) < 4.78 is 27.6. The van der Waals surface area contributed by atoms with Crippen LogP contribution in [0.5, 0.6) is 0 Å². The average Bonchev–Trinajstić information content (AvgIpc) is 3.24. The largest absolute Gasteiger partial charge is 0.343 e. The third-order valence-electron chi connectivity index (χ3n) is 4.88. The van der Waals surface area contributed by atoms with Gasteiger partial charge in [-0.2, -0.15) is 0 Å². The van der Waals surface area contributed by atoms with Crippen LogP contribution in [0.1, 0.15) is 27.9 Å². The van der Waals surface area contributed by atoms with Crippen molar-refractivity contribution in [2.45, 2.75) is 12.8 Å². The third kappa shape index (κ3) is 4.23. The monoisotopic (exact) mass is 430 g/mol. The molecule has 0 atom stereocenters. The molecule has 7 heteroatoms. The number of carbonyl (C=O) groups is 1. The van der Waals surface area contributed by atoms with E-state index < -0.39 is 23.0 Å². The summed E-state index contributed by atoms with van der Waals surface area (Å²) in [6, 6.07) is 10.8. The summed E-state index contributed by atoms with van der Waals surface area (Å²) in [4.78, 5) is 18.9. The van der Waals surface area contributed by atoms with E-state index in [-0.39, 0.29) is 6.42 Å². The van der Waals surface area contributed by atoms with E-state index >= 15 is 0 Å². The Balaban J connectivity index is 1.51. The van der Waals surface area contributed by atoms with Gasteiger partial charge in [0.25, 0.3) is 0 Å². The predicted octanol–water partition coefficient (Wildman–Crippen LogP) is 5.71. The minimum Gasteiger partial charge on any atom is -0.343 e. The number of rotatable bonds is 5. The number of hydrogen-bond acceptors (Lipinski definition) is 4. The van der Waals surface area contributed by atoms with E-state index in [9.17, 15) is 13.6 Å². The lowest BCUT2D eigenvalue weighted by Gasteiger charge is -2.29. The van der Waals surface area contributed by atoms with E-state index in [4.69, 9.17) is 11.6 Å². The Bertz CT molecular complexity index is 1040. The zero-order valence-electron chi connectivity index (χ0n) is 15.4. The van der Waals surface area contributed by atoms with Crippen molar-refractivity contribution in [2.24, 2.45) is 0 Å². The van der Waals surface area contributed by atoms with Gasteiger partial charge in [-0.15, -0.1) is 11.3 Å². The van der Waals surface area contributed by atoms with E-state index in [2.05, 4.69) is 9.88 Å². The van der Waals surface area contributed by atoms with Crippen LogP contribution in [0.3, 0.4) is 0 Å². The molecule has 0 spiro atoms. The molecule has 3 nitrogen and oxygen atoms in total. The van der Waals surface area contributed by atoms with Crippen LogP contribution in [0, 0.1) is 11.6 Å². The molecular weight excluding hydrogens is 414 g/mol. The Morgan fingerprint density at radius 3 is 2.52 bits per heavy atom. The van der Waals surface area contributed by atoms with Crippen molar-refractivity contribution >= 4 is 39.4 Å². The average molecular weight is 431 g/mol. The highest BCUT2D eigenvalue weighted by Crippen LogP contribution is 2.32. The summed E-state index contributed by atoms with van der Waals surface area (Å²) in [6.07, 6.45) is 2.45. The second-order valence-corrected chi connectivity index (χ2v) is 8.09. The van der Waals surface area contributed by atoms with E-state index in [0.717, 1.165) is 46.4 Å². The number of aromatic nitrogens is 1. The number of thiazole rings is 1. The van der Waals surface area contributed by atoms with Gasteiger partial charge in [0, 0.05) is 42.5 Å². The van der Waals surface area contributed by atoms with E-state index in [0.29, 0.717) is 12.1 Å². The molecule has 2 heterocycles. The molecule has 0 amide bonds. The molecule has 3 aromatic rings. The van der Waals surface area contributed by atoms with Crippen LogP contribution in [-0.2, 0) is 6.42 Å². The zero-order chi connectivity index (χ0) is 20.4. The highest BCUT2D eigenvalue weighted by atomic mass is 35.5. The molecule has 4 rings (SSSR count). The summed E-state index contributed by atoms with van der Waals surface area (Å²) in [5.41, 5.74) is 2.18. The SMILES string of the molecule is O=C(Cc1ccc(C2=C(Cl)CCN(c3nccs3)C2)cc1)c1c(F)cccc1F. The van der Waals surface area contributed by atoms with Gasteiger partial charge in [0.2, 0.25) is 0 Å². The first-order valence-electron chi connectivity index (χ1n) is 9.11. The van der Waals surface area contributed by atoms with Crippen molar-refractivity contribution in [3.63, 3.8) is 0 Å². The molecule has 0 saturated carbocycles. The lowest BCUT2D eigenvalue weighted by Crippen LogP contribution is -2.30. The van der Waals surface area contributed by atoms with Crippen LogP contribution in [-0.4, -0.2) is 23.9 Å². The number of benzene rings is 2. The maximum atomic E-state index is 13.8. The Kier molecular flexibility index (Phi) is 5.74. The van der Waals surface area contributed by atoms with Crippen LogP contribution in [0.2, 0.25) is 0 Å². The van der Waals surface area contributed by atoms with Crippen LogP contribution in [0.25, 0.3) is 5.57 Å². The summed E-state index contributed by atoms with van der Waals surface area (Å²) in [7, 11) is 0. The summed E-state index contributed by atoms with van der Waals surface area (Å²) in [6.45, 7) is 1.47. The van der Waals surface area contributed by atoms with Gasteiger partial charge < -0.3 is 4.90 Å². The fourth-order valence-corrected chi connectivity index (χ4v) is 4.31. The Morgan fingerprint density at radius 2 is 1.86 bits per heavy atom. The maximum Gasteiger partial charge on any atom is 0.185 e. The predicted molar refractivity (Wildman–Crippen MR) is 113 cm³/mol. The van der Waals surface area contributed by atoms with Gasteiger partial charge >= 0.3 is 0 Å². The van der Waals surface area contributed by atoms with Crippen molar-refractivity contribution in [3.05, 3.63) is 87.4 Å². The second kappa shape index (κ2) is 8.43. The summed E-state index contributed by atoms with van der Waals surface area (Å²) >= 11 is 8.07. The fourth-order valence-electron chi connectivity index (χ4n) is 3.38. The standard InChI is InChI=1S/C22H17ClF2N2OS/c23-17-8-10-27(22-26-9-11-29-22)13-16(17)15-6-4-14(5-7-15)12-20(28)21-18(24)2-1-3-19(21)25/h1-7,9,11H,8,10,12-13H2. The van der Waals surface area contributed by atoms with Gasteiger partial charge in [0.1, 0.15) is 11.6 Å². The maximum absolute atomic E-state index is 13.8. The molecule has 0 aliphatic carbocycles. The summed E-state index contributed by atoms with van der Waals surface area (Å²) in [5.74, 6) is -2.26. The van der Waals surface area contributed by atoms with Gasteiger partial charge in [0.05, 0.1) is 5.56 Å². The normalized spacial score (nSPS) is 14.4. The smallest absolute Gasteiger partial charge is 0.185 e. The zero-order valence-corrected chi connectivity index (χ0v) is 16.9. The van der Waals surface area contributed by atoms with Crippen molar-refractivity contribution < 1.29 is 13.6 Å². The van der Waals surface area contributed by atoms with Gasteiger partial charge in [-0.05, 0) is 28.8 Å². The number of carbonyl (C=O) groups excluding carboxylic acids is 1. The van der Waals surface area contributed by atoms with Crippen molar-refractivity contribution in [3.8, 4) is 0 Å². The van der Waals surface area contributed by atoms with Crippen LogP contribution in [0.4, 0.5) is 13.9 Å². The Labute approximate surface area is 176 Å². The molecule has 0 N–H and O–H groups in total. The van der Waals surface area contributed by atoms with Crippen molar-refractivity contribution in [2.75, 3.05) is 18.0 Å². The Morgan fingerprint density at radius 1 is 1.14 bits per heavy atom. The van der Waals surface area contributed by atoms with Crippen molar-refractivity contribution in [1.29, 1.82) is 0 Å². The van der Waals surface area contributed by atoms with Gasteiger partial charge in [0.15, 0.2) is 10.9 Å². The number of anilines is 1. The molecule has 0 saturated heterocycles. The minimum atomic E-state index is -0.840. The first kappa shape index (κ1) is 19.7. The minimum absolute atomic E-state index is 0.0733. The van der Waals surface area contributed by atoms with Gasteiger partial charge in [-0.3, -0.25) is 4.79 Å². The number of nitrogens with zero attached hydrogens (tertiary/aromatic N) is 2. The summed E-state index contributed by atoms with van der Waals surface area (Å²) in [5, 5.41) is 3.72. The molecule has 1 aliphatic heterocycles. The number of halogens is 3. The molecule has 29 heavy (non-hydrogen) atoms. The first-order chi connectivity index (χ1) is 14.0. The van der Waals surface area contributed by atoms with E-state index in [1.807, 2.05) is 17.5 Å². The van der Waals surface area contributed by atoms with Crippen LogP contribution in [0.15, 0.2) is 59.1 Å². The number of ketones is 1. The van der Waals surface area contributed by atoms with E-state index in [1.165, 1.54) is 6.07 Å². The molecule has 0 radical (unpaired) electrons. The molecule has 1 aromatic heterocycles. The quantitative estimate of drug-likeness (QED) is 0.486. The topological polar surface area (TPSA) is 33.2 Å². The van der Waals surface area contributed by atoms with Gasteiger partial charge in [-0.25, -0.2) is 13.8 Å². The molecule has 0 fully saturated rings. The highest BCUT2D eigenvalue weighted by Gasteiger charge is 2.21. The lowest BCUT2D eigenvalue weighted by atomic mass is 9.97. The molecule has 148 valence electrons. The molecule has 0 unspecified atom stereocenters. The molecule has 0 bridgehead atoms. The molecular formula is C22H17ClF2N2OS. The highest BCUT2D eigenvalue weighted by molar-refractivity contribution is 7.13.